The normalized spacial score (nSPS) is 11.7. The van der Waals surface area contributed by atoms with Gasteiger partial charge >= 0.3 is 0 Å². The van der Waals surface area contributed by atoms with Crippen molar-refractivity contribution in [1.82, 2.24) is 15.0 Å². The summed E-state index contributed by atoms with van der Waals surface area (Å²) in [6.45, 7) is 8.14. The second kappa shape index (κ2) is 5.04. The van der Waals surface area contributed by atoms with Crippen LogP contribution < -0.4 is 0 Å². The third-order valence-corrected chi connectivity index (χ3v) is 2.73. The Morgan fingerprint density at radius 3 is 2.11 bits per heavy atom. The van der Waals surface area contributed by atoms with Crippen molar-refractivity contribution in [3.05, 3.63) is 47.3 Å². The van der Waals surface area contributed by atoms with Crippen LogP contribution in [0.5, 0.6) is 0 Å². The molecule has 0 fully saturated rings. The molecule has 1 heterocycles. The van der Waals surface area contributed by atoms with E-state index >= 15 is 0 Å². The number of aliphatic imine (C=N–C) groups is 1. The van der Waals surface area contributed by atoms with E-state index in [1.165, 1.54) is 29.3 Å². The van der Waals surface area contributed by atoms with E-state index in [0.717, 1.165) is 11.4 Å². The van der Waals surface area contributed by atoms with E-state index in [2.05, 4.69) is 52.8 Å². The Labute approximate surface area is 107 Å². The monoisotopic (exact) mass is 240 g/mol. The molecule has 2 aromatic rings. The van der Waals surface area contributed by atoms with Crippen molar-refractivity contribution in [3.63, 3.8) is 0 Å². The topological polar surface area (TPSA) is 51.0 Å². The van der Waals surface area contributed by atoms with Crippen molar-refractivity contribution in [2.24, 2.45) is 4.99 Å². The Morgan fingerprint density at radius 2 is 1.56 bits per heavy atom. The van der Waals surface area contributed by atoms with Gasteiger partial charge in [-0.05, 0) is 38.8 Å². The molecule has 1 aromatic carbocycles. The molecule has 2 rings (SSSR count). The van der Waals surface area contributed by atoms with Gasteiger partial charge in [0, 0.05) is 0 Å². The lowest BCUT2D eigenvalue weighted by Gasteiger charge is -2.07. The smallest absolute Gasteiger partial charge is 0.176 e. The number of aryl methyl sites for hydroxylation is 3. The van der Waals surface area contributed by atoms with Crippen LogP contribution >= 0.6 is 0 Å². The fourth-order valence-corrected chi connectivity index (χ4v) is 1.99. The molecular formula is C14H16N4. The summed E-state index contributed by atoms with van der Waals surface area (Å²) >= 11 is 0. The molecule has 0 aliphatic rings. The van der Waals surface area contributed by atoms with Gasteiger partial charge in [0.2, 0.25) is 0 Å². The van der Waals surface area contributed by atoms with Gasteiger partial charge < -0.3 is 0 Å². The first-order valence-electron chi connectivity index (χ1n) is 5.83. The molecule has 0 spiro atoms. The van der Waals surface area contributed by atoms with Gasteiger partial charge in [-0.3, -0.25) is 0 Å². The highest BCUT2D eigenvalue weighted by Crippen LogP contribution is 2.25. The van der Waals surface area contributed by atoms with Crippen LogP contribution in [0, 0.1) is 20.8 Å². The Balaban J connectivity index is 2.45. The van der Waals surface area contributed by atoms with Crippen molar-refractivity contribution >= 4 is 11.4 Å². The van der Waals surface area contributed by atoms with Crippen LogP contribution in [0.25, 0.3) is 0 Å². The van der Waals surface area contributed by atoms with Gasteiger partial charge in [-0.1, -0.05) is 17.7 Å². The molecule has 0 saturated heterocycles. The van der Waals surface area contributed by atoms with E-state index in [1.54, 1.807) is 0 Å². The van der Waals surface area contributed by atoms with E-state index in [0.29, 0.717) is 5.82 Å². The van der Waals surface area contributed by atoms with Crippen LogP contribution in [-0.4, -0.2) is 20.7 Å². The Morgan fingerprint density at radius 1 is 1.00 bits per heavy atom. The maximum atomic E-state index is 4.63. The van der Waals surface area contributed by atoms with E-state index in [-0.39, 0.29) is 0 Å². The first kappa shape index (κ1) is 12.4. The second-order valence-electron chi connectivity index (χ2n) is 4.41. The number of hydrogen-bond donors (Lipinski definition) is 0. The highest BCUT2D eigenvalue weighted by molar-refractivity contribution is 5.97. The molecule has 0 saturated carbocycles. The maximum Gasteiger partial charge on any atom is 0.176 e. The lowest BCUT2D eigenvalue weighted by molar-refractivity contribution is 1.02. The minimum atomic E-state index is 0.615. The van der Waals surface area contributed by atoms with E-state index < -0.39 is 0 Å². The molecular weight excluding hydrogens is 224 g/mol. The molecule has 92 valence electrons. The number of hydrogen-bond acceptors (Lipinski definition) is 4. The van der Waals surface area contributed by atoms with Crippen LogP contribution in [0.1, 0.15) is 29.4 Å². The summed E-state index contributed by atoms with van der Waals surface area (Å²) < 4.78 is 0. The lowest BCUT2D eigenvalue weighted by atomic mass is 10.1. The molecule has 18 heavy (non-hydrogen) atoms. The summed E-state index contributed by atoms with van der Waals surface area (Å²) in [6.07, 6.45) is 2.96. The van der Waals surface area contributed by atoms with Crippen molar-refractivity contribution < 1.29 is 0 Å². The Hall–Kier alpha value is -2.10. The molecule has 0 amide bonds. The van der Waals surface area contributed by atoms with Crippen molar-refractivity contribution in [2.45, 2.75) is 27.7 Å². The zero-order valence-corrected chi connectivity index (χ0v) is 11.1. The zero-order chi connectivity index (χ0) is 13.1. The number of aromatic nitrogens is 3. The van der Waals surface area contributed by atoms with Gasteiger partial charge in [0.25, 0.3) is 0 Å². The standard InChI is InChI=1S/C14H16N4/c1-9-5-10(2)13(11(3)6-9)18-12(4)14-16-7-15-8-17-14/h5-8H,1-4H3. The molecule has 1 aromatic heterocycles. The first-order chi connectivity index (χ1) is 8.58. The van der Waals surface area contributed by atoms with Crippen LogP contribution in [0.15, 0.2) is 29.8 Å². The van der Waals surface area contributed by atoms with Crippen molar-refractivity contribution in [2.75, 3.05) is 0 Å². The van der Waals surface area contributed by atoms with Crippen LogP contribution in [-0.2, 0) is 0 Å². The lowest BCUT2D eigenvalue weighted by Crippen LogP contribution is -2.02. The van der Waals surface area contributed by atoms with Gasteiger partial charge in [-0.25, -0.2) is 19.9 Å². The summed E-state index contributed by atoms with van der Waals surface area (Å²) in [7, 11) is 0. The average molecular weight is 240 g/mol. The third kappa shape index (κ3) is 2.59. The van der Waals surface area contributed by atoms with E-state index in [9.17, 15) is 0 Å². The van der Waals surface area contributed by atoms with Crippen molar-refractivity contribution in [1.29, 1.82) is 0 Å². The number of rotatable bonds is 2. The molecule has 0 unspecified atom stereocenters. The van der Waals surface area contributed by atoms with Gasteiger partial charge in [0.15, 0.2) is 5.82 Å². The quantitative estimate of drug-likeness (QED) is 0.758. The predicted molar refractivity (Wildman–Crippen MR) is 72.4 cm³/mol. The second-order valence-corrected chi connectivity index (χ2v) is 4.41. The molecule has 0 atom stereocenters. The summed E-state index contributed by atoms with van der Waals surface area (Å²) in [4.78, 5) is 16.6. The maximum absolute atomic E-state index is 4.63. The van der Waals surface area contributed by atoms with Gasteiger partial charge in [0.05, 0.1) is 11.4 Å². The number of benzene rings is 1. The third-order valence-electron chi connectivity index (χ3n) is 2.73. The van der Waals surface area contributed by atoms with Crippen LogP contribution in [0.3, 0.4) is 0 Å². The minimum Gasteiger partial charge on any atom is -0.249 e. The molecule has 4 heteroatoms. The molecule has 0 aliphatic heterocycles. The van der Waals surface area contributed by atoms with Crippen molar-refractivity contribution in [3.8, 4) is 0 Å². The Bertz CT molecular complexity index is 565. The van der Waals surface area contributed by atoms with E-state index in [1.807, 2.05) is 6.92 Å². The fraction of sp³-hybridized carbons (Fsp3) is 0.286. The molecule has 0 aliphatic carbocycles. The van der Waals surface area contributed by atoms with E-state index in [4.69, 9.17) is 0 Å². The molecule has 0 radical (unpaired) electrons. The summed E-state index contributed by atoms with van der Waals surface area (Å²) in [5, 5.41) is 0. The average Bonchev–Trinajstić information content (AvgIpc) is 2.34. The SMILES string of the molecule is CC(=Nc1c(C)cc(C)cc1C)c1ncncn1. The first-order valence-corrected chi connectivity index (χ1v) is 5.83. The highest BCUT2D eigenvalue weighted by atomic mass is 15.0. The predicted octanol–water partition coefficient (Wildman–Crippen LogP) is 2.94. The number of nitrogens with zero attached hydrogens (tertiary/aromatic N) is 4. The Kier molecular flexibility index (Phi) is 3.46. The molecule has 4 nitrogen and oxygen atoms in total. The summed E-state index contributed by atoms with van der Waals surface area (Å²) in [6, 6.07) is 4.26. The summed E-state index contributed by atoms with van der Waals surface area (Å²) in [5.74, 6) is 0.615. The van der Waals surface area contributed by atoms with Crippen LogP contribution in [0.2, 0.25) is 0 Å². The minimum absolute atomic E-state index is 0.615. The molecule has 0 N–H and O–H groups in total. The largest absolute Gasteiger partial charge is 0.249 e. The van der Waals surface area contributed by atoms with Gasteiger partial charge in [-0.2, -0.15) is 0 Å². The highest BCUT2D eigenvalue weighted by Gasteiger charge is 2.05. The van der Waals surface area contributed by atoms with Gasteiger partial charge in [0.1, 0.15) is 12.7 Å². The zero-order valence-electron chi connectivity index (χ0n) is 11.1. The van der Waals surface area contributed by atoms with Crippen LogP contribution in [0.4, 0.5) is 5.69 Å². The summed E-state index contributed by atoms with van der Waals surface area (Å²) in [5.41, 5.74) is 5.38. The fourth-order valence-electron chi connectivity index (χ4n) is 1.99. The van der Waals surface area contributed by atoms with Gasteiger partial charge in [-0.15, -0.1) is 0 Å². The molecule has 0 bridgehead atoms.